The molecule has 0 spiro atoms. The van der Waals surface area contributed by atoms with Crippen molar-refractivity contribution in [3.8, 4) is 5.75 Å². The topological polar surface area (TPSA) is 75.1 Å². The molecule has 24 heavy (non-hydrogen) atoms. The number of benzene rings is 1. The zero-order chi connectivity index (χ0) is 17.0. The fraction of sp³-hybridized carbons (Fsp3) is 0.611. The van der Waals surface area contributed by atoms with Crippen molar-refractivity contribution in [3.63, 3.8) is 0 Å². The van der Waals surface area contributed by atoms with Gasteiger partial charge >= 0.3 is 0 Å². The molecule has 3 N–H and O–H groups in total. The predicted molar refractivity (Wildman–Crippen MR) is 95.6 cm³/mol. The monoisotopic (exact) mass is 335 g/mol. The van der Waals surface area contributed by atoms with Crippen molar-refractivity contribution in [2.45, 2.75) is 32.3 Å². The van der Waals surface area contributed by atoms with Gasteiger partial charge in [-0.25, -0.2) is 0 Å². The second-order valence-corrected chi connectivity index (χ2v) is 5.82. The summed E-state index contributed by atoms with van der Waals surface area (Å²) in [7, 11) is 0. The smallest absolute Gasteiger partial charge is 0.191 e. The Kier molecular flexibility index (Phi) is 8.41. The molecule has 0 bridgehead atoms. The molecule has 0 saturated carbocycles. The first-order valence-electron chi connectivity index (χ1n) is 8.77. The third-order valence-electron chi connectivity index (χ3n) is 3.77. The maximum Gasteiger partial charge on any atom is 0.191 e. The summed E-state index contributed by atoms with van der Waals surface area (Å²) in [5.74, 6) is 1.13. The average Bonchev–Trinajstić information content (AvgIpc) is 3.08. The molecule has 6 nitrogen and oxygen atoms in total. The fourth-order valence-corrected chi connectivity index (χ4v) is 2.53. The zero-order valence-electron chi connectivity index (χ0n) is 14.5. The van der Waals surface area contributed by atoms with Crippen molar-refractivity contribution in [3.05, 3.63) is 29.8 Å². The number of guanidine groups is 1. The van der Waals surface area contributed by atoms with Crippen LogP contribution < -0.4 is 10.6 Å². The van der Waals surface area contributed by atoms with E-state index in [9.17, 15) is 5.11 Å². The lowest BCUT2D eigenvalue weighted by Crippen LogP contribution is -2.38. The number of ether oxygens (including phenoxy) is 2. The standard InChI is InChI=1S/C18H29N3O3/c1-2-19-18(20-9-4-11-24-17-8-12-23-14-17)21-10-7-15-5-3-6-16(22)13-15/h3,5-6,13,17,22H,2,4,7-12,14H2,1H3,(H2,19,20,21). The molecule has 1 aliphatic rings. The van der Waals surface area contributed by atoms with E-state index in [-0.39, 0.29) is 6.10 Å². The normalized spacial score (nSPS) is 17.9. The van der Waals surface area contributed by atoms with Gasteiger partial charge in [0.2, 0.25) is 0 Å². The van der Waals surface area contributed by atoms with Crippen molar-refractivity contribution >= 4 is 5.96 Å². The number of phenols is 1. The summed E-state index contributed by atoms with van der Waals surface area (Å²) in [6.07, 6.45) is 3.01. The molecular weight excluding hydrogens is 306 g/mol. The zero-order valence-corrected chi connectivity index (χ0v) is 14.5. The molecule has 0 amide bonds. The van der Waals surface area contributed by atoms with E-state index in [1.165, 1.54) is 0 Å². The molecule has 1 aromatic carbocycles. The highest BCUT2D eigenvalue weighted by atomic mass is 16.5. The van der Waals surface area contributed by atoms with E-state index in [0.29, 0.717) is 5.75 Å². The largest absolute Gasteiger partial charge is 0.508 e. The highest BCUT2D eigenvalue weighted by Gasteiger charge is 2.15. The number of rotatable bonds is 9. The Labute approximate surface area is 144 Å². The minimum Gasteiger partial charge on any atom is -0.508 e. The molecule has 1 unspecified atom stereocenters. The van der Waals surface area contributed by atoms with Crippen LogP contribution in [0.3, 0.4) is 0 Å². The second kappa shape index (κ2) is 10.9. The molecule has 1 atom stereocenters. The molecule has 134 valence electrons. The van der Waals surface area contributed by atoms with E-state index in [2.05, 4.69) is 22.5 Å². The lowest BCUT2D eigenvalue weighted by atomic mass is 10.1. The van der Waals surface area contributed by atoms with Gasteiger partial charge < -0.3 is 25.2 Å². The van der Waals surface area contributed by atoms with Gasteiger partial charge in [0.15, 0.2) is 5.96 Å². The molecule has 1 saturated heterocycles. The van der Waals surface area contributed by atoms with E-state index in [1.54, 1.807) is 12.1 Å². The van der Waals surface area contributed by atoms with Crippen LogP contribution >= 0.6 is 0 Å². The van der Waals surface area contributed by atoms with Crippen LogP contribution in [0.5, 0.6) is 5.75 Å². The van der Waals surface area contributed by atoms with E-state index >= 15 is 0 Å². The van der Waals surface area contributed by atoms with Gasteiger partial charge in [-0.2, -0.15) is 0 Å². The first kappa shape index (κ1) is 18.5. The van der Waals surface area contributed by atoms with Crippen molar-refractivity contribution in [1.29, 1.82) is 0 Å². The molecule has 2 rings (SSSR count). The van der Waals surface area contributed by atoms with E-state index in [0.717, 1.165) is 70.2 Å². The SMILES string of the molecule is CCNC(=NCCCOC1CCOC1)NCCc1cccc(O)c1. The van der Waals surface area contributed by atoms with Gasteiger partial charge in [-0.3, -0.25) is 4.99 Å². The van der Waals surface area contributed by atoms with Gasteiger partial charge in [0, 0.05) is 32.8 Å². The van der Waals surface area contributed by atoms with Gasteiger partial charge in [0.05, 0.1) is 12.7 Å². The molecule has 0 aromatic heterocycles. The van der Waals surface area contributed by atoms with Crippen LogP contribution in [0.1, 0.15) is 25.3 Å². The molecule has 1 aliphatic heterocycles. The van der Waals surface area contributed by atoms with Crippen molar-refractivity contribution in [1.82, 2.24) is 10.6 Å². The lowest BCUT2D eigenvalue weighted by molar-refractivity contribution is 0.0424. The number of hydrogen-bond acceptors (Lipinski definition) is 4. The van der Waals surface area contributed by atoms with Crippen LogP contribution in [-0.4, -0.2) is 56.6 Å². The number of phenolic OH excluding ortho intramolecular Hbond substituents is 1. The van der Waals surface area contributed by atoms with E-state index in [4.69, 9.17) is 9.47 Å². The number of hydrogen-bond donors (Lipinski definition) is 3. The average molecular weight is 335 g/mol. The number of aliphatic imine (C=N–C) groups is 1. The maximum atomic E-state index is 9.47. The van der Waals surface area contributed by atoms with Crippen molar-refractivity contribution in [2.24, 2.45) is 4.99 Å². The number of aromatic hydroxyl groups is 1. The van der Waals surface area contributed by atoms with E-state index in [1.807, 2.05) is 12.1 Å². The summed E-state index contributed by atoms with van der Waals surface area (Å²) in [6.45, 7) is 6.64. The van der Waals surface area contributed by atoms with Crippen LogP contribution in [-0.2, 0) is 15.9 Å². The minimum atomic E-state index is 0.266. The summed E-state index contributed by atoms with van der Waals surface area (Å²) in [4.78, 5) is 4.56. The molecule has 1 fully saturated rings. The van der Waals surface area contributed by atoms with Gasteiger partial charge in [0.1, 0.15) is 5.75 Å². The molecule has 0 aliphatic carbocycles. The minimum absolute atomic E-state index is 0.266. The van der Waals surface area contributed by atoms with Crippen LogP contribution in [0.2, 0.25) is 0 Å². The van der Waals surface area contributed by atoms with Crippen LogP contribution in [0.15, 0.2) is 29.3 Å². The summed E-state index contributed by atoms with van der Waals surface area (Å²) in [5, 5.41) is 16.0. The lowest BCUT2D eigenvalue weighted by Gasteiger charge is -2.12. The molecule has 6 heteroatoms. The second-order valence-electron chi connectivity index (χ2n) is 5.82. The van der Waals surface area contributed by atoms with Crippen LogP contribution in [0.25, 0.3) is 0 Å². The Hall–Kier alpha value is -1.79. The predicted octanol–water partition coefficient (Wildman–Crippen LogP) is 1.69. The number of nitrogens with zero attached hydrogens (tertiary/aromatic N) is 1. The van der Waals surface area contributed by atoms with Gasteiger partial charge in [-0.1, -0.05) is 12.1 Å². The van der Waals surface area contributed by atoms with E-state index < -0.39 is 0 Å². The van der Waals surface area contributed by atoms with Gasteiger partial charge in [-0.15, -0.1) is 0 Å². The Bertz CT molecular complexity index is 502. The Balaban J connectivity index is 1.64. The van der Waals surface area contributed by atoms with Crippen LogP contribution in [0, 0.1) is 0 Å². The van der Waals surface area contributed by atoms with Crippen molar-refractivity contribution < 1.29 is 14.6 Å². The summed E-state index contributed by atoms with van der Waals surface area (Å²) < 4.78 is 11.0. The quantitative estimate of drug-likeness (QED) is 0.364. The van der Waals surface area contributed by atoms with Crippen LogP contribution in [0.4, 0.5) is 0 Å². The Morgan fingerprint density at radius 3 is 3.08 bits per heavy atom. The van der Waals surface area contributed by atoms with Gasteiger partial charge in [0.25, 0.3) is 0 Å². The number of nitrogens with one attached hydrogen (secondary N) is 2. The highest BCUT2D eigenvalue weighted by Crippen LogP contribution is 2.10. The summed E-state index contributed by atoms with van der Waals surface area (Å²) >= 11 is 0. The fourth-order valence-electron chi connectivity index (χ4n) is 2.53. The summed E-state index contributed by atoms with van der Waals surface area (Å²) in [5.41, 5.74) is 1.10. The third kappa shape index (κ3) is 7.19. The molecule has 1 aromatic rings. The Morgan fingerprint density at radius 2 is 2.33 bits per heavy atom. The summed E-state index contributed by atoms with van der Waals surface area (Å²) in [6, 6.07) is 7.34. The van der Waals surface area contributed by atoms with Crippen molar-refractivity contribution in [2.75, 3.05) is 39.5 Å². The Morgan fingerprint density at radius 1 is 1.42 bits per heavy atom. The molecule has 1 heterocycles. The molecular formula is C18H29N3O3. The third-order valence-corrected chi connectivity index (χ3v) is 3.77. The first-order chi connectivity index (χ1) is 11.8. The van der Waals surface area contributed by atoms with Gasteiger partial charge in [-0.05, 0) is 43.9 Å². The highest BCUT2D eigenvalue weighted by molar-refractivity contribution is 5.79. The maximum absolute atomic E-state index is 9.47. The molecule has 0 radical (unpaired) electrons. The first-order valence-corrected chi connectivity index (χ1v) is 8.77.